The Balaban J connectivity index is 1.02. The maximum atomic E-state index is 12.3. The van der Waals surface area contributed by atoms with E-state index in [2.05, 4.69) is 75.8 Å². The molecule has 0 unspecified atom stereocenters. The second kappa shape index (κ2) is 12.1. The predicted octanol–water partition coefficient (Wildman–Crippen LogP) is 5.47. The van der Waals surface area contributed by atoms with Gasteiger partial charge in [-0.25, -0.2) is 4.79 Å². The monoisotopic (exact) mass is 588 g/mol. The molecule has 7 rings (SSSR count). The largest absolute Gasteiger partial charge is 0.508 e. The first kappa shape index (κ1) is 28.0. The molecule has 0 spiro atoms. The molecule has 0 aromatic heterocycles. The van der Waals surface area contributed by atoms with Gasteiger partial charge >= 0.3 is 6.03 Å². The summed E-state index contributed by atoms with van der Waals surface area (Å²) in [5.41, 5.74) is 6.78. The van der Waals surface area contributed by atoms with Crippen molar-refractivity contribution in [2.45, 2.75) is 24.8 Å². The summed E-state index contributed by atoms with van der Waals surface area (Å²) < 4.78 is 6.14. The van der Waals surface area contributed by atoms with E-state index in [9.17, 15) is 14.7 Å². The van der Waals surface area contributed by atoms with E-state index in [4.69, 9.17) is 4.74 Å². The van der Waals surface area contributed by atoms with Gasteiger partial charge in [0.25, 0.3) is 0 Å². The van der Waals surface area contributed by atoms with Gasteiger partial charge in [0, 0.05) is 80.5 Å². The van der Waals surface area contributed by atoms with Crippen LogP contribution in [0.2, 0.25) is 0 Å². The zero-order chi connectivity index (χ0) is 30.0. The molecule has 2 saturated heterocycles. The summed E-state index contributed by atoms with van der Waals surface area (Å²) in [5, 5.41) is 12.5. The Kier molecular flexibility index (Phi) is 7.66. The molecule has 0 bridgehead atoms. The number of piperazine rings is 1. The van der Waals surface area contributed by atoms with Crippen LogP contribution >= 0.6 is 0 Å². The number of imide groups is 1. The summed E-state index contributed by atoms with van der Waals surface area (Å²) in [4.78, 5) is 30.4. The van der Waals surface area contributed by atoms with E-state index in [1.807, 2.05) is 24.3 Å². The van der Waals surface area contributed by atoms with Crippen molar-refractivity contribution in [3.8, 4) is 11.5 Å². The van der Waals surface area contributed by atoms with Gasteiger partial charge in [0.05, 0.1) is 6.61 Å². The summed E-state index contributed by atoms with van der Waals surface area (Å²) >= 11 is 0. The van der Waals surface area contributed by atoms with Crippen LogP contribution in [-0.2, 0) is 11.3 Å². The average molecular weight is 589 g/mol. The van der Waals surface area contributed by atoms with Gasteiger partial charge < -0.3 is 14.7 Å². The number of urea groups is 1. The highest BCUT2D eigenvalue weighted by Crippen LogP contribution is 2.47. The third-order valence-corrected chi connectivity index (χ3v) is 9.05. The number of nitrogens with zero attached hydrogens (tertiary/aromatic N) is 3. The molecular formula is C36H36N4O4. The van der Waals surface area contributed by atoms with E-state index in [0.717, 1.165) is 55.3 Å². The molecule has 2 N–H and O–H groups in total. The number of ether oxygens (including phenoxy) is 1. The van der Waals surface area contributed by atoms with Crippen LogP contribution < -0.4 is 19.9 Å². The molecule has 8 heteroatoms. The van der Waals surface area contributed by atoms with Crippen LogP contribution in [0.5, 0.6) is 11.5 Å². The molecule has 3 aliphatic heterocycles. The maximum absolute atomic E-state index is 12.3. The van der Waals surface area contributed by atoms with Crippen molar-refractivity contribution in [2.24, 2.45) is 0 Å². The summed E-state index contributed by atoms with van der Waals surface area (Å²) in [6.45, 7) is 5.53. The van der Waals surface area contributed by atoms with Gasteiger partial charge in [0.2, 0.25) is 5.91 Å². The van der Waals surface area contributed by atoms with Gasteiger partial charge in [0.1, 0.15) is 11.5 Å². The molecule has 0 radical (unpaired) electrons. The summed E-state index contributed by atoms with van der Waals surface area (Å²) in [6.07, 6.45) is 0.319. The first-order valence-corrected chi connectivity index (χ1v) is 15.3. The minimum atomic E-state index is -0.353. The number of rotatable bonds is 6. The number of phenolic OH excluding ortho intramolecular Hbond substituents is 1. The molecule has 4 aromatic rings. The lowest BCUT2D eigenvalue weighted by molar-refractivity contribution is -0.120. The molecule has 3 aliphatic rings. The standard InChI is InChI=1S/C36H36N4O4/c41-30-13-14-31-33(22-30)44-24-32(26-6-2-1-3-7-26)35(31)27-9-11-28(12-10-27)39-19-17-38(18-20-39)23-25-5-4-8-29(21-25)40-16-15-34(42)37-36(40)43/h1-14,21-22,32,35,41H,15-20,23-24H2,(H,37,42,43)/t32-,35-/m0/s1. The van der Waals surface area contributed by atoms with Gasteiger partial charge in [0.15, 0.2) is 0 Å². The summed E-state index contributed by atoms with van der Waals surface area (Å²) in [7, 11) is 0. The topological polar surface area (TPSA) is 85.4 Å². The van der Waals surface area contributed by atoms with Crippen molar-refractivity contribution >= 4 is 23.3 Å². The maximum Gasteiger partial charge on any atom is 0.328 e. The number of carbonyl (C=O) groups is 2. The number of hydrogen-bond donors (Lipinski definition) is 2. The Morgan fingerprint density at radius 2 is 1.57 bits per heavy atom. The number of nitrogens with one attached hydrogen (secondary N) is 1. The molecule has 224 valence electrons. The highest BCUT2D eigenvalue weighted by molar-refractivity contribution is 6.05. The fraction of sp³-hybridized carbons (Fsp3) is 0.278. The van der Waals surface area contributed by atoms with Crippen LogP contribution in [0.1, 0.15) is 40.5 Å². The number of amides is 3. The third-order valence-electron chi connectivity index (χ3n) is 9.05. The molecular weight excluding hydrogens is 552 g/mol. The Hall–Kier alpha value is -4.82. The first-order valence-electron chi connectivity index (χ1n) is 15.3. The normalized spacial score (nSPS) is 20.5. The Morgan fingerprint density at radius 1 is 0.773 bits per heavy atom. The molecule has 3 amide bonds. The third kappa shape index (κ3) is 5.73. The van der Waals surface area contributed by atoms with Crippen LogP contribution in [0.15, 0.2) is 97.1 Å². The van der Waals surface area contributed by atoms with Gasteiger partial charge in [-0.3, -0.25) is 19.9 Å². The Labute approximate surface area is 257 Å². The summed E-state index contributed by atoms with van der Waals surface area (Å²) in [6, 6.07) is 32.7. The van der Waals surface area contributed by atoms with E-state index in [-0.39, 0.29) is 29.5 Å². The number of carbonyl (C=O) groups excluding carboxylic acids is 2. The van der Waals surface area contributed by atoms with E-state index >= 15 is 0 Å². The van der Waals surface area contributed by atoms with E-state index in [1.165, 1.54) is 16.8 Å². The van der Waals surface area contributed by atoms with Crippen LogP contribution in [0, 0.1) is 0 Å². The lowest BCUT2D eigenvalue weighted by atomic mass is 9.76. The Morgan fingerprint density at radius 3 is 2.34 bits per heavy atom. The van der Waals surface area contributed by atoms with Crippen molar-refractivity contribution in [2.75, 3.05) is 49.1 Å². The van der Waals surface area contributed by atoms with Crippen molar-refractivity contribution in [1.82, 2.24) is 10.2 Å². The van der Waals surface area contributed by atoms with Crippen molar-refractivity contribution in [1.29, 1.82) is 0 Å². The van der Waals surface area contributed by atoms with Crippen molar-refractivity contribution in [3.05, 3.63) is 119 Å². The fourth-order valence-corrected chi connectivity index (χ4v) is 6.75. The predicted molar refractivity (Wildman–Crippen MR) is 171 cm³/mol. The highest BCUT2D eigenvalue weighted by atomic mass is 16.5. The van der Waals surface area contributed by atoms with Gasteiger partial charge in [-0.1, -0.05) is 60.7 Å². The molecule has 44 heavy (non-hydrogen) atoms. The number of phenols is 1. The lowest BCUT2D eigenvalue weighted by Gasteiger charge is -2.37. The second-order valence-corrected chi connectivity index (χ2v) is 11.8. The molecule has 4 aromatic carbocycles. The van der Waals surface area contributed by atoms with Crippen LogP contribution in [-0.4, -0.2) is 61.3 Å². The summed E-state index contributed by atoms with van der Waals surface area (Å²) in [5.74, 6) is 1.05. The zero-order valence-electron chi connectivity index (χ0n) is 24.6. The van der Waals surface area contributed by atoms with E-state index in [1.54, 1.807) is 17.0 Å². The quantitative estimate of drug-likeness (QED) is 0.311. The second-order valence-electron chi connectivity index (χ2n) is 11.8. The molecule has 2 atom stereocenters. The molecule has 3 heterocycles. The highest BCUT2D eigenvalue weighted by Gasteiger charge is 2.34. The minimum Gasteiger partial charge on any atom is -0.508 e. The lowest BCUT2D eigenvalue weighted by Crippen LogP contribution is -2.49. The molecule has 0 aliphatic carbocycles. The molecule has 8 nitrogen and oxygen atoms in total. The number of hydrogen-bond acceptors (Lipinski definition) is 6. The number of anilines is 2. The van der Waals surface area contributed by atoms with E-state index in [0.29, 0.717) is 19.6 Å². The van der Waals surface area contributed by atoms with Crippen molar-refractivity contribution < 1.29 is 19.4 Å². The minimum absolute atomic E-state index is 0.125. The van der Waals surface area contributed by atoms with Gasteiger partial charge in [-0.05, 0) is 47.0 Å². The van der Waals surface area contributed by atoms with Gasteiger partial charge in [-0.15, -0.1) is 0 Å². The van der Waals surface area contributed by atoms with Crippen molar-refractivity contribution in [3.63, 3.8) is 0 Å². The average Bonchev–Trinajstić information content (AvgIpc) is 3.05. The number of benzene rings is 4. The van der Waals surface area contributed by atoms with Gasteiger partial charge in [-0.2, -0.15) is 0 Å². The number of aromatic hydroxyl groups is 1. The van der Waals surface area contributed by atoms with Crippen LogP contribution in [0.4, 0.5) is 16.2 Å². The smallest absolute Gasteiger partial charge is 0.328 e. The van der Waals surface area contributed by atoms with Crippen LogP contribution in [0.3, 0.4) is 0 Å². The first-order chi connectivity index (χ1) is 21.5. The van der Waals surface area contributed by atoms with E-state index < -0.39 is 0 Å². The fourth-order valence-electron chi connectivity index (χ4n) is 6.75. The molecule has 2 fully saturated rings. The van der Waals surface area contributed by atoms with Crippen LogP contribution in [0.25, 0.3) is 0 Å². The SMILES string of the molecule is O=C1CCN(c2cccc(CN3CCN(c4ccc([C@H]5c6ccc(O)cc6OC[C@H]5c5ccccc5)cc4)CC3)c2)C(=O)N1. The Bertz CT molecular complexity index is 1650. The number of fused-ring (bicyclic) bond motifs is 1. The zero-order valence-corrected chi connectivity index (χ0v) is 24.6. The molecule has 0 saturated carbocycles.